The molecule has 0 spiro atoms. The molecule has 0 radical (unpaired) electrons. The van der Waals surface area contributed by atoms with Crippen LogP contribution in [0.2, 0.25) is 0 Å². The van der Waals surface area contributed by atoms with Crippen molar-refractivity contribution in [3.63, 3.8) is 0 Å². The quantitative estimate of drug-likeness (QED) is 0.784. The van der Waals surface area contributed by atoms with Crippen molar-refractivity contribution in [1.29, 1.82) is 0 Å². The van der Waals surface area contributed by atoms with Crippen LogP contribution in [0.15, 0.2) is 22.5 Å². The van der Waals surface area contributed by atoms with Crippen molar-refractivity contribution in [3.05, 3.63) is 23.0 Å². The predicted molar refractivity (Wildman–Crippen MR) is 59.3 cm³/mol. The molecule has 1 aromatic rings. The van der Waals surface area contributed by atoms with Crippen molar-refractivity contribution in [2.75, 3.05) is 6.54 Å². The summed E-state index contributed by atoms with van der Waals surface area (Å²) in [7, 11) is -1.10. The van der Waals surface area contributed by atoms with Crippen molar-refractivity contribution in [3.8, 4) is 0 Å². The second-order valence-electron chi connectivity index (χ2n) is 3.19. The summed E-state index contributed by atoms with van der Waals surface area (Å²) in [5, 5.41) is 3.88. The van der Waals surface area contributed by atoms with Crippen LogP contribution in [0.25, 0.3) is 5.70 Å². The van der Waals surface area contributed by atoms with Gasteiger partial charge in [0.05, 0.1) is 11.3 Å². The molecule has 0 saturated carbocycles. The van der Waals surface area contributed by atoms with Gasteiger partial charge in [-0.1, -0.05) is 6.92 Å². The highest BCUT2D eigenvalue weighted by atomic mass is 32.2. The van der Waals surface area contributed by atoms with Crippen molar-refractivity contribution in [2.45, 2.75) is 25.3 Å². The van der Waals surface area contributed by atoms with Gasteiger partial charge in [-0.3, -0.25) is 0 Å². The number of aromatic nitrogens is 2. The summed E-state index contributed by atoms with van der Waals surface area (Å²) < 4.78 is 12.0. The molecule has 1 atom stereocenters. The van der Waals surface area contributed by atoms with Gasteiger partial charge in [-0.25, -0.2) is 14.2 Å². The summed E-state index contributed by atoms with van der Waals surface area (Å²) in [5.74, 6) is 0. The van der Waals surface area contributed by atoms with Gasteiger partial charge in [-0.15, -0.1) is 0 Å². The van der Waals surface area contributed by atoms with Gasteiger partial charge in [0.15, 0.2) is 0 Å². The highest BCUT2D eigenvalue weighted by Crippen LogP contribution is 2.34. The number of hydrogen-bond donors (Lipinski definition) is 1. The SMILES string of the molecule is CCNC1=C(CC)S(=O)c2ncncc21. The summed E-state index contributed by atoms with van der Waals surface area (Å²) in [6.07, 6.45) is 3.94. The van der Waals surface area contributed by atoms with Crippen LogP contribution in [0.4, 0.5) is 0 Å². The average molecular weight is 223 g/mol. The number of nitrogens with one attached hydrogen (secondary N) is 1. The maximum Gasteiger partial charge on any atom is 0.144 e. The van der Waals surface area contributed by atoms with E-state index in [1.54, 1.807) is 6.20 Å². The first-order valence-electron chi connectivity index (χ1n) is 4.98. The van der Waals surface area contributed by atoms with Crippen LogP contribution in [0.3, 0.4) is 0 Å². The minimum absolute atomic E-state index is 0.637. The topological polar surface area (TPSA) is 54.9 Å². The van der Waals surface area contributed by atoms with Crippen LogP contribution in [0.5, 0.6) is 0 Å². The van der Waals surface area contributed by atoms with Crippen LogP contribution in [0, 0.1) is 0 Å². The zero-order valence-electron chi connectivity index (χ0n) is 8.78. The van der Waals surface area contributed by atoms with Gasteiger partial charge in [0.25, 0.3) is 0 Å². The van der Waals surface area contributed by atoms with E-state index in [0.29, 0.717) is 5.03 Å². The third-order valence-electron chi connectivity index (χ3n) is 2.30. The van der Waals surface area contributed by atoms with E-state index in [1.165, 1.54) is 6.33 Å². The maximum atomic E-state index is 12.0. The van der Waals surface area contributed by atoms with E-state index >= 15 is 0 Å². The Kier molecular flexibility index (Phi) is 2.81. The van der Waals surface area contributed by atoms with Gasteiger partial charge in [-0.05, 0) is 13.3 Å². The summed E-state index contributed by atoms with van der Waals surface area (Å²) >= 11 is 0. The molecule has 1 aromatic heterocycles. The molecule has 0 amide bonds. The van der Waals surface area contributed by atoms with Gasteiger partial charge in [-0.2, -0.15) is 0 Å². The molecule has 0 bridgehead atoms. The molecule has 80 valence electrons. The largest absolute Gasteiger partial charge is 0.384 e. The maximum absolute atomic E-state index is 12.0. The second kappa shape index (κ2) is 4.10. The van der Waals surface area contributed by atoms with E-state index in [-0.39, 0.29) is 0 Å². The molecule has 0 aromatic carbocycles. The van der Waals surface area contributed by atoms with Gasteiger partial charge in [0.2, 0.25) is 0 Å². The van der Waals surface area contributed by atoms with Crippen molar-refractivity contribution in [1.82, 2.24) is 15.3 Å². The van der Waals surface area contributed by atoms with E-state index < -0.39 is 10.8 Å². The Labute approximate surface area is 91.3 Å². The molecule has 0 saturated heterocycles. The Bertz CT molecular complexity index is 442. The normalized spacial score (nSPS) is 19.2. The molecule has 0 fully saturated rings. The molecule has 5 heteroatoms. The zero-order valence-corrected chi connectivity index (χ0v) is 9.60. The molecular weight excluding hydrogens is 210 g/mol. The Balaban J connectivity index is 2.55. The Hall–Kier alpha value is -1.23. The average Bonchev–Trinajstić information content (AvgIpc) is 2.54. The molecule has 4 nitrogen and oxygen atoms in total. The van der Waals surface area contributed by atoms with E-state index in [2.05, 4.69) is 15.3 Å². The number of hydrogen-bond acceptors (Lipinski definition) is 4. The van der Waals surface area contributed by atoms with Crippen LogP contribution in [0.1, 0.15) is 25.8 Å². The lowest BCUT2D eigenvalue weighted by atomic mass is 10.2. The highest BCUT2D eigenvalue weighted by Gasteiger charge is 2.28. The van der Waals surface area contributed by atoms with Crippen molar-refractivity contribution in [2.24, 2.45) is 0 Å². The minimum Gasteiger partial charge on any atom is -0.384 e. The van der Waals surface area contributed by atoms with E-state index in [1.807, 2.05) is 13.8 Å². The minimum atomic E-state index is -1.10. The predicted octanol–water partition coefficient (Wildman–Crippen LogP) is 1.29. The van der Waals surface area contributed by atoms with Gasteiger partial charge >= 0.3 is 0 Å². The second-order valence-corrected chi connectivity index (χ2v) is 4.61. The van der Waals surface area contributed by atoms with Gasteiger partial charge < -0.3 is 5.32 Å². The van der Waals surface area contributed by atoms with E-state index in [9.17, 15) is 4.21 Å². The molecule has 2 heterocycles. The molecule has 1 aliphatic heterocycles. The Morgan fingerprint density at radius 3 is 2.93 bits per heavy atom. The van der Waals surface area contributed by atoms with Crippen molar-refractivity contribution < 1.29 is 4.21 Å². The standard InChI is InChI=1S/C10H13N3OS/c1-3-8-9(12-4-2)7-5-11-6-13-10(7)15(8)14/h5-6,12H,3-4H2,1-2H3. The van der Waals surface area contributed by atoms with Crippen LogP contribution in [-0.2, 0) is 10.8 Å². The van der Waals surface area contributed by atoms with Crippen LogP contribution in [-0.4, -0.2) is 20.7 Å². The number of allylic oxidation sites excluding steroid dienone is 1. The Morgan fingerprint density at radius 1 is 1.47 bits per heavy atom. The lowest BCUT2D eigenvalue weighted by Crippen LogP contribution is -2.11. The lowest BCUT2D eigenvalue weighted by molar-refractivity contribution is 0.684. The summed E-state index contributed by atoms with van der Waals surface area (Å²) in [6, 6.07) is 0. The summed E-state index contributed by atoms with van der Waals surface area (Å²) in [6.45, 7) is 4.83. The number of fused-ring (bicyclic) bond motifs is 1. The third-order valence-corrected chi connectivity index (χ3v) is 3.91. The monoisotopic (exact) mass is 223 g/mol. The molecule has 15 heavy (non-hydrogen) atoms. The fraction of sp³-hybridized carbons (Fsp3) is 0.400. The van der Waals surface area contributed by atoms with E-state index in [4.69, 9.17) is 0 Å². The molecule has 0 aliphatic carbocycles. The third kappa shape index (κ3) is 1.56. The fourth-order valence-corrected chi connectivity index (χ4v) is 3.04. The highest BCUT2D eigenvalue weighted by molar-refractivity contribution is 7.89. The molecule has 1 unspecified atom stereocenters. The first kappa shape index (κ1) is 10.3. The van der Waals surface area contributed by atoms with Crippen LogP contribution < -0.4 is 5.32 Å². The van der Waals surface area contributed by atoms with E-state index in [0.717, 1.165) is 29.1 Å². The zero-order chi connectivity index (χ0) is 10.8. The van der Waals surface area contributed by atoms with Gasteiger partial charge in [0.1, 0.15) is 22.2 Å². The number of nitrogens with zero attached hydrogens (tertiary/aromatic N) is 2. The molecule has 1 aliphatic rings. The molecule has 2 rings (SSSR count). The summed E-state index contributed by atoms with van der Waals surface area (Å²) in [5.41, 5.74) is 1.84. The Morgan fingerprint density at radius 2 is 2.27 bits per heavy atom. The molecule has 1 N–H and O–H groups in total. The first-order valence-corrected chi connectivity index (χ1v) is 6.13. The fourth-order valence-electron chi connectivity index (χ4n) is 1.68. The van der Waals surface area contributed by atoms with Gasteiger partial charge in [0, 0.05) is 17.6 Å². The number of rotatable bonds is 3. The smallest absolute Gasteiger partial charge is 0.144 e. The van der Waals surface area contributed by atoms with Crippen molar-refractivity contribution >= 4 is 16.5 Å². The lowest BCUT2D eigenvalue weighted by Gasteiger charge is -2.06. The van der Waals surface area contributed by atoms with Crippen LogP contribution >= 0.6 is 0 Å². The first-order chi connectivity index (χ1) is 7.29. The summed E-state index contributed by atoms with van der Waals surface area (Å²) in [4.78, 5) is 8.97. The molecular formula is C10H13N3OS.